The molecule has 0 aromatic carbocycles. The Bertz CT molecular complexity index is 557. The van der Waals surface area contributed by atoms with Crippen LogP contribution in [-0.4, -0.2) is 55.6 Å². The summed E-state index contributed by atoms with van der Waals surface area (Å²) < 4.78 is 0. The molecule has 0 aliphatic heterocycles. The zero-order chi connectivity index (χ0) is 18.3. The first kappa shape index (κ1) is 20.0. The second-order valence-corrected chi connectivity index (χ2v) is 7.80. The third kappa shape index (κ3) is 5.86. The molecule has 1 aromatic heterocycles. The number of aliphatic imine (C=N–C) groups is 1. The standard InChI is InChI=1S/C19H32ClN5/c1-15-6-5-10-19(12-15,25(3)4)14-24-18(21-2)22-11-9-16-7-8-17(20)23-13-16/h7-8,13,15H,5-6,9-12,14H2,1-4H3,(H2,21,22,24). The third-order valence-electron chi connectivity index (χ3n) is 5.32. The summed E-state index contributed by atoms with van der Waals surface area (Å²) in [5, 5.41) is 7.47. The van der Waals surface area contributed by atoms with Gasteiger partial charge in [-0.05, 0) is 50.9 Å². The fourth-order valence-electron chi connectivity index (χ4n) is 3.71. The molecule has 1 saturated carbocycles. The van der Waals surface area contributed by atoms with E-state index in [-0.39, 0.29) is 5.54 Å². The van der Waals surface area contributed by atoms with Gasteiger partial charge < -0.3 is 15.5 Å². The molecular formula is C19H32ClN5. The Morgan fingerprint density at radius 2 is 2.20 bits per heavy atom. The van der Waals surface area contributed by atoms with Crippen molar-refractivity contribution in [2.24, 2.45) is 10.9 Å². The van der Waals surface area contributed by atoms with Crippen LogP contribution in [0.15, 0.2) is 23.3 Å². The van der Waals surface area contributed by atoms with Crippen LogP contribution in [0.3, 0.4) is 0 Å². The van der Waals surface area contributed by atoms with Crippen LogP contribution in [-0.2, 0) is 6.42 Å². The number of nitrogens with zero attached hydrogens (tertiary/aromatic N) is 3. The maximum absolute atomic E-state index is 5.82. The highest BCUT2D eigenvalue weighted by atomic mass is 35.5. The highest BCUT2D eigenvalue weighted by molar-refractivity contribution is 6.29. The highest BCUT2D eigenvalue weighted by Crippen LogP contribution is 2.35. The van der Waals surface area contributed by atoms with Crippen LogP contribution < -0.4 is 10.6 Å². The Morgan fingerprint density at radius 3 is 2.80 bits per heavy atom. The van der Waals surface area contributed by atoms with E-state index in [1.54, 1.807) is 0 Å². The molecular weight excluding hydrogens is 334 g/mol. The Kier molecular flexibility index (Phi) is 7.51. The van der Waals surface area contributed by atoms with Gasteiger partial charge >= 0.3 is 0 Å². The molecule has 2 unspecified atom stereocenters. The molecule has 1 aromatic rings. The first-order chi connectivity index (χ1) is 11.9. The van der Waals surface area contributed by atoms with Gasteiger partial charge in [-0.3, -0.25) is 4.99 Å². The molecule has 0 saturated heterocycles. The van der Waals surface area contributed by atoms with Gasteiger partial charge in [0, 0.05) is 31.9 Å². The van der Waals surface area contributed by atoms with Crippen molar-refractivity contribution in [1.29, 1.82) is 0 Å². The molecule has 140 valence electrons. The van der Waals surface area contributed by atoms with Gasteiger partial charge in [-0.15, -0.1) is 0 Å². The largest absolute Gasteiger partial charge is 0.356 e. The molecule has 5 nitrogen and oxygen atoms in total. The SMILES string of the molecule is CN=C(NCCc1ccc(Cl)nc1)NCC1(N(C)C)CCCC(C)C1. The predicted molar refractivity (Wildman–Crippen MR) is 106 cm³/mol. The van der Waals surface area contributed by atoms with Gasteiger partial charge in [0.1, 0.15) is 5.15 Å². The third-order valence-corrected chi connectivity index (χ3v) is 5.54. The van der Waals surface area contributed by atoms with Crippen LogP contribution in [0.5, 0.6) is 0 Å². The highest BCUT2D eigenvalue weighted by Gasteiger charge is 2.36. The van der Waals surface area contributed by atoms with Gasteiger partial charge in [-0.25, -0.2) is 4.98 Å². The number of guanidine groups is 1. The number of hydrogen-bond acceptors (Lipinski definition) is 3. The van der Waals surface area contributed by atoms with E-state index in [1.807, 2.05) is 25.4 Å². The van der Waals surface area contributed by atoms with Crippen LogP contribution >= 0.6 is 11.6 Å². The van der Waals surface area contributed by atoms with E-state index >= 15 is 0 Å². The minimum atomic E-state index is 0.218. The van der Waals surface area contributed by atoms with Gasteiger partial charge in [0.25, 0.3) is 0 Å². The lowest BCUT2D eigenvalue weighted by Crippen LogP contribution is -2.56. The molecule has 1 heterocycles. The second kappa shape index (κ2) is 9.39. The Labute approximate surface area is 157 Å². The maximum Gasteiger partial charge on any atom is 0.191 e. The number of aromatic nitrogens is 1. The average molecular weight is 366 g/mol. The number of rotatable bonds is 6. The van der Waals surface area contributed by atoms with Gasteiger partial charge in [0.05, 0.1) is 0 Å². The Hall–Kier alpha value is -1.33. The molecule has 1 fully saturated rings. The van der Waals surface area contributed by atoms with E-state index in [0.29, 0.717) is 5.15 Å². The van der Waals surface area contributed by atoms with Crippen molar-refractivity contribution < 1.29 is 0 Å². The quantitative estimate of drug-likeness (QED) is 0.462. The van der Waals surface area contributed by atoms with Gasteiger partial charge in [-0.1, -0.05) is 37.4 Å². The Balaban J connectivity index is 1.83. The normalized spacial score (nSPS) is 24.4. The number of likely N-dealkylation sites (N-methyl/N-ethyl adjacent to an activating group) is 1. The summed E-state index contributed by atoms with van der Waals surface area (Å²) in [6.07, 6.45) is 7.84. The van der Waals surface area contributed by atoms with Crippen LogP contribution in [0.25, 0.3) is 0 Å². The first-order valence-electron chi connectivity index (χ1n) is 9.17. The van der Waals surface area contributed by atoms with Crippen molar-refractivity contribution in [2.75, 3.05) is 34.2 Å². The fraction of sp³-hybridized carbons (Fsp3) is 0.684. The summed E-state index contributed by atoms with van der Waals surface area (Å²) in [6.45, 7) is 4.10. The van der Waals surface area contributed by atoms with E-state index in [2.05, 4.69) is 46.5 Å². The molecule has 1 aliphatic carbocycles. The van der Waals surface area contributed by atoms with Crippen molar-refractivity contribution in [3.8, 4) is 0 Å². The average Bonchev–Trinajstić information content (AvgIpc) is 2.59. The number of hydrogen-bond donors (Lipinski definition) is 2. The summed E-state index contributed by atoms with van der Waals surface area (Å²) >= 11 is 5.82. The van der Waals surface area contributed by atoms with Crippen LogP contribution in [0.4, 0.5) is 0 Å². The zero-order valence-electron chi connectivity index (χ0n) is 16.0. The summed E-state index contributed by atoms with van der Waals surface area (Å²) in [5.41, 5.74) is 1.38. The summed E-state index contributed by atoms with van der Waals surface area (Å²) in [6, 6.07) is 3.84. The molecule has 6 heteroatoms. The lowest BCUT2D eigenvalue weighted by molar-refractivity contribution is 0.0796. The van der Waals surface area contributed by atoms with Crippen molar-refractivity contribution in [3.63, 3.8) is 0 Å². The number of pyridine rings is 1. The lowest BCUT2D eigenvalue weighted by atomic mass is 9.75. The van der Waals surface area contributed by atoms with E-state index in [1.165, 1.54) is 31.2 Å². The topological polar surface area (TPSA) is 52.6 Å². The first-order valence-corrected chi connectivity index (χ1v) is 9.55. The Morgan fingerprint density at radius 1 is 1.40 bits per heavy atom. The summed E-state index contributed by atoms with van der Waals surface area (Å²) in [7, 11) is 6.22. The predicted octanol–water partition coefficient (Wildman–Crippen LogP) is 2.95. The van der Waals surface area contributed by atoms with E-state index in [0.717, 1.165) is 31.4 Å². The molecule has 0 spiro atoms. The van der Waals surface area contributed by atoms with E-state index in [4.69, 9.17) is 11.6 Å². The monoisotopic (exact) mass is 365 g/mol. The van der Waals surface area contributed by atoms with Crippen LogP contribution in [0, 0.1) is 5.92 Å². The molecule has 25 heavy (non-hydrogen) atoms. The van der Waals surface area contributed by atoms with Gasteiger partial charge in [-0.2, -0.15) is 0 Å². The van der Waals surface area contributed by atoms with Crippen molar-refractivity contribution in [1.82, 2.24) is 20.5 Å². The molecule has 2 rings (SSSR count). The second-order valence-electron chi connectivity index (χ2n) is 7.41. The van der Waals surface area contributed by atoms with Crippen molar-refractivity contribution in [2.45, 2.75) is 44.6 Å². The fourth-order valence-corrected chi connectivity index (χ4v) is 3.82. The van der Waals surface area contributed by atoms with Crippen molar-refractivity contribution in [3.05, 3.63) is 29.0 Å². The van der Waals surface area contributed by atoms with Gasteiger partial charge in [0.2, 0.25) is 0 Å². The molecule has 0 bridgehead atoms. The zero-order valence-corrected chi connectivity index (χ0v) is 16.7. The van der Waals surface area contributed by atoms with Crippen LogP contribution in [0.2, 0.25) is 5.15 Å². The summed E-state index contributed by atoms with van der Waals surface area (Å²) in [5.74, 6) is 1.65. The van der Waals surface area contributed by atoms with E-state index in [9.17, 15) is 0 Å². The van der Waals surface area contributed by atoms with Crippen molar-refractivity contribution >= 4 is 17.6 Å². The summed E-state index contributed by atoms with van der Waals surface area (Å²) in [4.78, 5) is 10.9. The van der Waals surface area contributed by atoms with Crippen LogP contribution in [0.1, 0.15) is 38.2 Å². The number of nitrogens with one attached hydrogen (secondary N) is 2. The molecule has 2 N–H and O–H groups in total. The number of halogens is 1. The lowest BCUT2D eigenvalue weighted by Gasteiger charge is -2.45. The minimum absolute atomic E-state index is 0.218. The molecule has 0 radical (unpaired) electrons. The smallest absolute Gasteiger partial charge is 0.191 e. The molecule has 1 aliphatic rings. The molecule has 2 atom stereocenters. The minimum Gasteiger partial charge on any atom is -0.356 e. The maximum atomic E-state index is 5.82. The molecule has 0 amide bonds. The van der Waals surface area contributed by atoms with E-state index < -0.39 is 0 Å². The van der Waals surface area contributed by atoms with Gasteiger partial charge in [0.15, 0.2) is 5.96 Å².